The normalized spacial score (nSPS) is 15.2. The zero-order valence-corrected chi connectivity index (χ0v) is 11.1. The Morgan fingerprint density at radius 2 is 0.950 bits per heavy atom. The summed E-state index contributed by atoms with van der Waals surface area (Å²) in [6.45, 7) is 4.00. The first-order valence-corrected chi connectivity index (χ1v) is 6.33. The molecule has 6 nitrogen and oxygen atoms in total. The van der Waals surface area contributed by atoms with Gasteiger partial charge in [-0.2, -0.15) is 0 Å². The molecule has 0 saturated carbocycles. The first-order chi connectivity index (χ1) is 9.61. The van der Waals surface area contributed by atoms with Crippen molar-refractivity contribution in [2.75, 3.05) is 26.4 Å². The minimum atomic E-state index is -1.06. The molecule has 0 aromatic heterocycles. The highest BCUT2D eigenvalue weighted by molar-refractivity contribution is 5.91. The van der Waals surface area contributed by atoms with Gasteiger partial charge in [0.2, 0.25) is 0 Å². The molecule has 110 valence electrons. The largest absolute Gasteiger partial charge is 0.478 e. The number of rotatable bonds is 2. The van der Waals surface area contributed by atoms with E-state index in [0.29, 0.717) is 0 Å². The van der Waals surface area contributed by atoms with Crippen molar-refractivity contribution in [3.8, 4) is 0 Å². The van der Waals surface area contributed by atoms with Crippen molar-refractivity contribution in [3.05, 3.63) is 35.4 Å². The van der Waals surface area contributed by atoms with Crippen LogP contribution in [0.2, 0.25) is 0 Å². The third kappa shape index (κ3) is 6.31. The molecule has 1 aromatic carbocycles. The lowest BCUT2D eigenvalue weighted by molar-refractivity contribution is 0.0366. The summed E-state index contributed by atoms with van der Waals surface area (Å²) < 4.78 is 9.44. The predicted octanol–water partition coefficient (Wildman–Crippen LogP) is 1.90. The number of carboxylic acid groups (broad SMARTS) is 2. The van der Waals surface area contributed by atoms with Gasteiger partial charge in [-0.15, -0.1) is 0 Å². The Bertz CT molecular complexity index is 369. The molecule has 0 bridgehead atoms. The molecule has 2 fully saturated rings. The fourth-order valence-corrected chi connectivity index (χ4v) is 1.04. The highest BCUT2D eigenvalue weighted by Crippen LogP contribution is 2.03. The van der Waals surface area contributed by atoms with Crippen molar-refractivity contribution < 1.29 is 29.3 Å². The zero-order valence-electron chi connectivity index (χ0n) is 11.1. The second-order valence-corrected chi connectivity index (χ2v) is 4.12. The lowest BCUT2D eigenvalue weighted by Crippen LogP contribution is -2.09. The van der Waals surface area contributed by atoms with Crippen LogP contribution in [0.5, 0.6) is 0 Å². The minimum Gasteiger partial charge on any atom is -0.478 e. The summed E-state index contributed by atoms with van der Waals surface area (Å²) in [5, 5.41) is 16.9. The topological polar surface area (TPSA) is 93.1 Å². The van der Waals surface area contributed by atoms with Gasteiger partial charge in [-0.3, -0.25) is 0 Å². The second-order valence-electron chi connectivity index (χ2n) is 4.12. The number of benzene rings is 1. The van der Waals surface area contributed by atoms with Crippen molar-refractivity contribution in [2.45, 2.75) is 12.8 Å². The van der Waals surface area contributed by atoms with Gasteiger partial charge in [-0.05, 0) is 37.1 Å². The van der Waals surface area contributed by atoms with Crippen LogP contribution in [0.25, 0.3) is 0 Å². The van der Waals surface area contributed by atoms with Gasteiger partial charge >= 0.3 is 11.9 Å². The van der Waals surface area contributed by atoms with Gasteiger partial charge in [0, 0.05) is 26.4 Å². The van der Waals surface area contributed by atoms with Gasteiger partial charge in [0.15, 0.2) is 0 Å². The highest BCUT2D eigenvalue weighted by Gasteiger charge is 2.04. The molecule has 3 rings (SSSR count). The monoisotopic (exact) mass is 282 g/mol. The maximum absolute atomic E-state index is 10.3. The van der Waals surface area contributed by atoms with E-state index in [-0.39, 0.29) is 11.1 Å². The van der Waals surface area contributed by atoms with Crippen molar-refractivity contribution in [2.24, 2.45) is 0 Å². The van der Waals surface area contributed by atoms with E-state index in [1.54, 1.807) is 0 Å². The van der Waals surface area contributed by atoms with E-state index in [1.165, 1.54) is 37.1 Å². The van der Waals surface area contributed by atoms with Crippen LogP contribution in [-0.4, -0.2) is 48.6 Å². The number of hydrogen-bond donors (Lipinski definition) is 2. The van der Waals surface area contributed by atoms with E-state index in [1.807, 2.05) is 0 Å². The van der Waals surface area contributed by atoms with E-state index >= 15 is 0 Å². The maximum atomic E-state index is 10.3. The van der Waals surface area contributed by atoms with Gasteiger partial charge in [-0.25, -0.2) is 9.59 Å². The molecule has 2 aliphatic rings. The van der Waals surface area contributed by atoms with Crippen LogP contribution in [0.3, 0.4) is 0 Å². The van der Waals surface area contributed by atoms with Gasteiger partial charge in [-0.1, -0.05) is 0 Å². The summed E-state index contributed by atoms with van der Waals surface area (Å²) in [7, 11) is 0. The Balaban J connectivity index is 0.000000200. The fraction of sp³-hybridized carbons (Fsp3) is 0.429. The standard InChI is InChI=1S/C8H6O4.2C3H6O/c9-7(10)5-1-2-6(4-3-5)8(11)12;2*1-2-4-3-1/h1-4H,(H,9,10)(H,11,12);2*1-3H2. The summed E-state index contributed by atoms with van der Waals surface area (Å²) in [6, 6.07) is 5.02. The molecule has 2 N–H and O–H groups in total. The van der Waals surface area contributed by atoms with Crippen molar-refractivity contribution in [1.29, 1.82) is 0 Å². The number of carboxylic acids is 2. The third-order valence-electron chi connectivity index (χ3n) is 2.53. The summed E-state index contributed by atoms with van der Waals surface area (Å²) >= 11 is 0. The van der Waals surface area contributed by atoms with Crippen LogP contribution in [0.1, 0.15) is 33.6 Å². The second kappa shape index (κ2) is 9.06. The summed E-state index contributed by atoms with van der Waals surface area (Å²) in [5.74, 6) is -2.13. The summed E-state index contributed by atoms with van der Waals surface area (Å²) in [6.07, 6.45) is 2.56. The predicted molar refractivity (Wildman–Crippen MR) is 71.2 cm³/mol. The molecule has 20 heavy (non-hydrogen) atoms. The summed E-state index contributed by atoms with van der Waals surface area (Å²) in [4.78, 5) is 20.7. The van der Waals surface area contributed by atoms with Crippen LogP contribution in [0.4, 0.5) is 0 Å². The molecular weight excluding hydrogens is 264 g/mol. The smallest absolute Gasteiger partial charge is 0.335 e. The van der Waals surface area contributed by atoms with E-state index in [4.69, 9.17) is 19.7 Å². The van der Waals surface area contributed by atoms with Crippen molar-refractivity contribution >= 4 is 11.9 Å². The first kappa shape index (κ1) is 16.1. The molecule has 0 radical (unpaired) electrons. The van der Waals surface area contributed by atoms with Crippen LogP contribution in [0, 0.1) is 0 Å². The number of carbonyl (C=O) groups is 2. The Labute approximate surface area is 116 Å². The molecule has 1 aromatic rings. The van der Waals surface area contributed by atoms with Gasteiger partial charge in [0.05, 0.1) is 11.1 Å². The lowest BCUT2D eigenvalue weighted by Gasteiger charge is -2.09. The number of hydrogen-bond acceptors (Lipinski definition) is 4. The Morgan fingerprint density at radius 1 is 0.750 bits per heavy atom. The maximum Gasteiger partial charge on any atom is 0.335 e. The van der Waals surface area contributed by atoms with Crippen molar-refractivity contribution in [1.82, 2.24) is 0 Å². The minimum absolute atomic E-state index is 0.0833. The van der Waals surface area contributed by atoms with Crippen LogP contribution < -0.4 is 0 Å². The molecule has 2 aliphatic heterocycles. The Kier molecular flexibility index (Phi) is 7.31. The average molecular weight is 282 g/mol. The molecule has 0 atom stereocenters. The van der Waals surface area contributed by atoms with E-state index < -0.39 is 11.9 Å². The molecular formula is C14H18O6. The lowest BCUT2D eigenvalue weighted by atomic mass is 10.1. The zero-order chi connectivity index (χ0) is 14.8. The Hall–Kier alpha value is -1.92. The van der Waals surface area contributed by atoms with E-state index in [0.717, 1.165) is 26.4 Å². The van der Waals surface area contributed by atoms with Crippen molar-refractivity contribution in [3.63, 3.8) is 0 Å². The quantitative estimate of drug-likeness (QED) is 0.860. The molecule has 2 saturated heterocycles. The molecule has 0 spiro atoms. The molecule has 0 unspecified atom stereocenters. The summed E-state index contributed by atoms with van der Waals surface area (Å²) in [5.41, 5.74) is 0.167. The fourth-order valence-electron chi connectivity index (χ4n) is 1.04. The van der Waals surface area contributed by atoms with Crippen LogP contribution in [-0.2, 0) is 9.47 Å². The number of aromatic carboxylic acids is 2. The van der Waals surface area contributed by atoms with Gasteiger partial charge in [0.25, 0.3) is 0 Å². The average Bonchev–Trinajstić information content (AvgIpc) is 2.24. The van der Waals surface area contributed by atoms with Gasteiger partial charge in [0.1, 0.15) is 0 Å². The van der Waals surface area contributed by atoms with E-state index in [9.17, 15) is 9.59 Å². The molecule has 0 aliphatic carbocycles. The third-order valence-corrected chi connectivity index (χ3v) is 2.53. The highest BCUT2D eigenvalue weighted by atomic mass is 16.5. The van der Waals surface area contributed by atoms with Gasteiger partial charge < -0.3 is 19.7 Å². The SMILES string of the molecule is C1COC1.C1COC1.O=C(O)c1ccc(C(=O)O)cc1. The Morgan fingerprint density at radius 3 is 1.05 bits per heavy atom. The number of ether oxygens (including phenoxy) is 2. The molecule has 2 heterocycles. The molecule has 6 heteroatoms. The van der Waals surface area contributed by atoms with Crippen LogP contribution in [0.15, 0.2) is 24.3 Å². The van der Waals surface area contributed by atoms with E-state index in [2.05, 4.69) is 0 Å². The first-order valence-electron chi connectivity index (χ1n) is 6.33. The van der Waals surface area contributed by atoms with Crippen LogP contribution >= 0.6 is 0 Å². The molecule has 0 amide bonds.